The van der Waals surface area contributed by atoms with Crippen LogP contribution in [-0.2, 0) is 9.59 Å². The number of carbonyl (C=O) groups excluding carboxylic acids is 1. The van der Waals surface area contributed by atoms with Crippen LogP contribution in [-0.4, -0.2) is 62.3 Å². The average Bonchev–Trinajstić information content (AvgIpc) is 2.53. The predicted octanol–water partition coefficient (Wildman–Crippen LogP) is 0.827. The first-order valence-electron chi connectivity index (χ1n) is 7.01. The van der Waals surface area contributed by atoms with E-state index in [0.717, 1.165) is 17.2 Å². The van der Waals surface area contributed by atoms with Crippen LogP contribution in [0.25, 0.3) is 0 Å². The number of hydrogen-bond donors (Lipinski definition) is 1. The summed E-state index contributed by atoms with van der Waals surface area (Å²) >= 11 is 0. The zero-order valence-corrected chi connectivity index (χ0v) is 12.7. The zero-order chi connectivity index (χ0) is 16.1. The molecular formula is C15H20N2O5. The van der Waals surface area contributed by atoms with Crippen LogP contribution in [0.4, 0.5) is 5.69 Å². The van der Waals surface area contributed by atoms with Gasteiger partial charge in [-0.15, -0.1) is 0 Å². The topological polar surface area (TPSA) is 79.3 Å². The zero-order valence-electron chi connectivity index (χ0n) is 12.7. The van der Waals surface area contributed by atoms with Gasteiger partial charge in [0.2, 0.25) is 5.91 Å². The molecule has 0 unspecified atom stereocenters. The molecule has 0 saturated carbocycles. The molecule has 0 spiro atoms. The number of carboxylic acid groups (broad SMARTS) is 1. The van der Waals surface area contributed by atoms with Gasteiger partial charge in [0.25, 0.3) is 0 Å². The summed E-state index contributed by atoms with van der Waals surface area (Å²) in [4.78, 5) is 26.0. The molecule has 1 aliphatic heterocycles. The summed E-state index contributed by atoms with van der Waals surface area (Å²) in [6, 6.07) is 5.57. The molecule has 0 atom stereocenters. The number of carbonyl (C=O) groups is 2. The summed E-state index contributed by atoms with van der Waals surface area (Å²) in [5.74, 6) is 0.0398. The molecule has 1 N–H and O–H groups in total. The smallest absolute Gasteiger partial charge is 0.312 e. The highest BCUT2D eigenvalue weighted by atomic mass is 16.5. The van der Waals surface area contributed by atoms with Crippen molar-refractivity contribution in [3.8, 4) is 11.5 Å². The predicted molar refractivity (Wildman–Crippen MR) is 80.6 cm³/mol. The maximum Gasteiger partial charge on any atom is 0.312 e. The number of carboxylic acids is 1. The SMILES string of the molecule is COc1ccc(OC)c(N2CCN(C(=O)CC(=O)O)CC2)c1. The van der Waals surface area contributed by atoms with Crippen LogP contribution in [0.1, 0.15) is 6.42 Å². The average molecular weight is 308 g/mol. The van der Waals surface area contributed by atoms with Crippen LogP contribution < -0.4 is 14.4 Å². The lowest BCUT2D eigenvalue weighted by Gasteiger charge is -2.36. The second-order valence-electron chi connectivity index (χ2n) is 4.98. The van der Waals surface area contributed by atoms with Crippen LogP contribution in [0.5, 0.6) is 11.5 Å². The lowest BCUT2D eigenvalue weighted by Crippen LogP contribution is -2.49. The van der Waals surface area contributed by atoms with Gasteiger partial charge in [-0.2, -0.15) is 0 Å². The Bertz CT molecular complexity index is 553. The maximum absolute atomic E-state index is 11.8. The van der Waals surface area contributed by atoms with Gasteiger partial charge in [0.1, 0.15) is 17.9 Å². The monoisotopic (exact) mass is 308 g/mol. The van der Waals surface area contributed by atoms with Gasteiger partial charge in [-0.1, -0.05) is 0 Å². The van der Waals surface area contributed by atoms with Gasteiger partial charge < -0.3 is 24.4 Å². The third-order valence-electron chi connectivity index (χ3n) is 3.66. The van der Waals surface area contributed by atoms with Gasteiger partial charge in [-0.25, -0.2) is 0 Å². The molecule has 1 aromatic carbocycles. The van der Waals surface area contributed by atoms with Crippen molar-refractivity contribution in [2.75, 3.05) is 45.3 Å². The van der Waals surface area contributed by atoms with Crippen LogP contribution >= 0.6 is 0 Å². The summed E-state index contributed by atoms with van der Waals surface area (Å²) in [6.45, 7) is 2.22. The summed E-state index contributed by atoms with van der Waals surface area (Å²) in [7, 11) is 3.21. The van der Waals surface area contributed by atoms with E-state index in [1.165, 1.54) is 0 Å². The molecule has 2 rings (SSSR count). The quantitative estimate of drug-likeness (QED) is 0.812. The number of methoxy groups -OCH3 is 2. The molecule has 1 heterocycles. The van der Waals surface area contributed by atoms with E-state index in [2.05, 4.69) is 4.90 Å². The largest absolute Gasteiger partial charge is 0.497 e. The molecule has 1 saturated heterocycles. The Hall–Kier alpha value is -2.44. The molecule has 1 aliphatic rings. The van der Waals surface area contributed by atoms with Gasteiger partial charge in [0.05, 0.1) is 19.9 Å². The fourth-order valence-electron chi connectivity index (χ4n) is 2.48. The number of hydrogen-bond acceptors (Lipinski definition) is 5. The van der Waals surface area contributed by atoms with Gasteiger partial charge in [-0.3, -0.25) is 9.59 Å². The van der Waals surface area contributed by atoms with E-state index < -0.39 is 12.4 Å². The molecule has 0 bridgehead atoms. The lowest BCUT2D eigenvalue weighted by atomic mass is 10.2. The van der Waals surface area contributed by atoms with E-state index in [1.807, 2.05) is 18.2 Å². The second-order valence-corrected chi connectivity index (χ2v) is 4.98. The Morgan fingerprint density at radius 2 is 1.82 bits per heavy atom. The number of ether oxygens (including phenoxy) is 2. The van der Waals surface area contributed by atoms with Gasteiger partial charge >= 0.3 is 5.97 Å². The fourth-order valence-corrected chi connectivity index (χ4v) is 2.48. The molecule has 0 radical (unpaired) electrons. The van der Waals surface area contributed by atoms with Crippen molar-refractivity contribution in [2.24, 2.45) is 0 Å². The molecule has 7 heteroatoms. The number of aliphatic carboxylic acids is 1. The molecule has 120 valence electrons. The van der Waals surface area contributed by atoms with Gasteiger partial charge in [-0.05, 0) is 12.1 Å². The van der Waals surface area contributed by atoms with E-state index in [0.29, 0.717) is 26.2 Å². The highest BCUT2D eigenvalue weighted by Crippen LogP contribution is 2.32. The molecule has 0 aliphatic carbocycles. The van der Waals surface area contributed by atoms with Crippen molar-refractivity contribution in [2.45, 2.75) is 6.42 Å². The standard InChI is InChI=1S/C15H20N2O5/c1-21-11-3-4-13(22-2)12(9-11)16-5-7-17(8-6-16)14(18)10-15(19)20/h3-4,9H,5-8,10H2,1-2H3,(H,19,20). The minimum atomic E-state index is -1.10. The number of benzene rings is 1. The first-order chi connectivity index (χ1) is 10.5. The molecule has 1 fully saturated rings. The minimum absolute atomic E-state index is 0.343. The molecule has 1 amide bonds. The normalized spacial score (nSPS) is 14.6. The number of rotatable bonds is 5. The van der Waals surface area contributed by atoms with Crippen molar-refractivity contribution in [1.82, 2.24) is 4.90 Å². The molecular weight excluding hydrogens is 288 g/mol. The summed E-state index contributed by atoms with van der Waals surface area (Å²) in [5, 5.41) is 8.68. The number of piperazine rings is 1. The summed E-state index contributed by atoms with van der Waals surface area (Å²) < 4.78 is 10.6. The van der Waals surface area contributed by atoms with Crippen LogP contribution in [0.15, 0.2) is 18.2 Å². The molecule has 7 nitrogen and oxygen atoms in total. The Labute approximate surface area is 129 Å². The Morgan fingerprint density at radius 1 is 1.14 bits per heavy atom. The van der Waals surface area contributed by atoms with E-state index in [1.54, 1.807) is 19.1 Å². The third kappa shape index (κ3) is 3.60. The molecule has 1 aromatic rings. The highest BCUT2D eigenvalue weighted by molar-refractivity contribution is 5.93. The Balaban J connectivity index is 2.05. The summed E-state index contributed by atoms with van der Waals surface area (Å²) in [6.07, 6.45) is -0.456. The van der Waals surface area contributed by atoms with Crippen LogP contribution in [0.2, 0.25) is 0 Å². The number of nitrogens with zero attached hydrogens (tertiary/aromatic N) is 2. The Morgan fingerprint density at radius 3 is 2.36 bits per heavy atom. The summed E-state index contributed by atoms with van der Waals surface area (Å²) in [5.41, 5.74) is 0.909. The maximum atomic E-state index is 11.8. The lowest BCUT2D eigenvalue weighted by molar-refractivity contribution is -0.144. The van der Waals surface area contributed by atoms with Gasteiger partial charge in [0.15, 0.2) is 0 Å². The highest BCUT2D eigenvalue weighted by Gasteiger charge is 2.24. The van der Waals surface area contributed by atoms with E-state index in [9.17, 15) is 9.59 Å². The van der Waals surface area contributed by atoms with Crippen LogP contribution in [0, 0.1) is 0 Å². The van der Waals surface area contributed by atoms with E-state index in [-0.39, 0.29) is 5.91 Å². The second kappa shape index (κ2) is 7.02. The van der Waals surface area contributed by atoms with Crippen molar-refractivity contribution in [3.63, 3.8) is 0 Å². The van der Waals surface area contributed by atoms with Crippen molar-refractivity contribution in [3.05, 3.63) is 18.2 Å². The van der Waals surface area contributed by atoms with Gasteiger partial charge in [0, 0.05) is 32.2 Å². The van der Waals surface area contributed by atoms with Crippen molar-refractivity contribution in [1.29, 1.82) is 0 Å². The number of amides is 1. The molecule has 22 heavy (non-hydrogen) atoms. The van der Waals surface area contributed by atoms with E-state index >= 15 is 0 Å². The number of anilines is 1. The third-order valence-corrected chi connectivity index (χ3v) is 3.66. The van der Waals surface area contributed by atoms with Crippen molar-refractivity contribution >= 4 is 17.6 Å². The first kappa shape index (κ1) is 15.9. The minimum Gasteiger partial charge on any atom is -0.497 e. The Kier molecular flexibility index (Phi) is 5.08. The first-order valence-corrected chi connectivity index (χ1v) is 7.01. The van der Waals surface area contributed by atoms with Crippen molar-refractivity contribution < 1.29 is 24.2 Å². The van der Waals surface area contributed by atoms with Crippen LogP contribution in [0.3, 0.4) is 0 Å². The molecule has 0 aromatic heterocycles. The van der Waals surface area contributed by atoms with E-state index in [4.69, 9.17) is 14.6 Å². The fraction of sp³-hybridized carbons (Fsp3) is 0.467.